The fourth-order valence-corrected chi connectivity index (χ4v) is 4.32. The van der Waals surface area contributed by atoms with Crippen LogP contribution in [0.3, 0.4) is 0 Å². The van der Waals surface area contributed by atoms with Crippen LogP contribution >= 0.6 is 0 Å². The van der Waals surface area contributed by atoms with Crippen LogP contribution in [0, 0.1) is 17.2 Å². The van der Waals surface area contributed by atoms with Crippen molar-refractivity contribution in [1.82, 2.24) is 0 Å². The van der Waals surface area contributed by atoms with Crippen LogP contribution in [0.25, 0.3) is 0 Å². The summed E-state index contributed by atoms with van der Waals surface area (Å²) < 4.78 is 44.2. The van der Waals surface area contributed by atoms with Gasteiger partial charge in [-0.15, -0.1) is 0 Å². The second kappa shape index (κ2) is 9.22. The Morgan fingerprint density at radius 1 is 1.30 bits per heavy atom. The summed E-state index contributed by atoms with van der Waals surface area (Å²) >= 11 is 0. The third kappa shape index (κ3) is 8.46. The lowest BCUT2D eigenvalue weighted by atomic mass is 9.90. The summed E-state index contributed by atoms with van der Waals surface area (Å²) in [4.78, 5) is 0. The number of rotatable bonds is 10. The Kier molecular flexibility index (Phi) is 7.49. The van der Waals surface area contributed by atoms with Crippen LogP contribution in [0.4, 0.5) is 4.39 Å². The van der Waals surface area contributed by atoms with Crippen molar-refractivity contribution >= 4 is 9.84 Å². The molecule has 0 aromatic heterocycles. The van der Waals surface area contributed by atoms with E-state index < -0.39 is 15.7 Å². The third-order valence-corrected chi connectivity index (χ3v) is 6.35. The lowest BCUT2D eigenvalue weighted by molar-refractivity contribution is 0.285. The third-order valence-electron chi connectivity index (χ3n) is 4.78. The molecule has 2 rings (SSSR count). The minimum absolute atomic E-state index is 0.0104. The van der Waals surface area contributed by atoms with E-state index in [9.17, 15) is 12.8 Å². The van der Waals surface area contributed by atoms with Crippen molar-refractivity contribution in [2.45, 2.75) is 65.7 Å². The summed E-state index contributed by atoms with van der Waals surface area (Å²) in [6.07, 6.45) is 6.83. The van der Waals surface area contributed by atoms with E-state index in [0.717, 1.165) is 37.7 Å². The number of halogens is 1. The maximum absolute atomic E-state index is 13.9. The van der Waals surface area contributed by atoms with E-state index in [4.69, 9.17) is 4.74 Å². The largest absolute Gasteiger partial charge is 0.490 e. The van der Waals surface area contributed by atoms with Gasteiger partial charge >= 0.3 is 0 Å². The maximum atomic E-state index is 13.9. The first-order valence-electron chi connectivity index (χ1n) is 9.87. The molecule has 1 atom stereocenters. The number of unbranched alkanes of at least 4 members (excludes halogenated alkanes) is 1. The van der Waals surface area contributed by atoms with Crippen molar-refractivity contribution in [1.29, 1.82) is 0 Å². The zero-order chi connectivity index (χ0) is 20.1. The van der Waals surface area contributed by atoms with Gasteiger partial charge in [0, 0.05) is 5.41 Å². The first-order valence-corrected chi connectivity index (χ1v) is 11.6. The number of benzene rings is 1. The van der Waals surface area contributed by atoms with Crippen molar-refractivity contribution in [2.75, 3.05) is 12.4 Å². The van der Waals surface area contributed by atoms with Crippen LogP contribution in [0.1, 0.15) is 71.3 Å². The van der Waals surface area contributed by atoms with Gasteiger partial charge in [0.2, 0.25) is 0 Å². The fourth-order valence-electron chi connectivity index (χ4n) is 2.89. The molecule has 0 amide bonds. The van der Waals surface area contributed by atoms with E-state index in [1.54, 1.807) is 18.2 Å². The second-order valence-electron chi connectivity index (χ2n) is 9.00. The minimum Gasteiger partial charge on any atom is -0.490 e. The molecule has 1 aromatic carbocycles. The molecule has 1 aliphatic rings. The summed E-state index contributed by atoms with van der Waals surface area (Å²) in [7, 11) is -3.30. The molecule has 0 heterocycles. The molecule has 0 radical (unpaired) electrons. The van der Waals surface area contributed by atoms with E-state index in [2.05, 4.69) is 20.8 Å². The summed E-state index contributed by atoms with van der Waals surface area (Å²) in [5.74, 6) is 0.151. The normalized spacial score (nSPS) is 16.6. The molecule has 5 heteroatoms. The van der Waals surface area contributed by atoms with Crippen LogP contribution in [0.15, 0.2) is 29.7 Å². The highest BCUT2D eigenvalue weighted by Gasteiger charge is 2.23. The van der Waals surface area contributed by atoms with E-state index in [1.807, 2.05) is 6.92 Å². The van der Waals surface area contributed by atoms with Gasteiger partial charge < -0.3 is 4.74 Å². The SMILES string of the molecule is C[C@@H](CS(=O)(=O)/C=C/CCCC(C)(C)C)c1ccc(F)c(OCC2CC2)c1. The molecule has 27 heavy (non-hydrogen) atoms. The van der Waals surface area contributed by atoms with E-state index in [0.29, 0.717) is 12.5 Å². The maximum Gasteiger partial charge on any atom is 0.171 e. The van der Waals surface area contributed by atoms with Crippen LogP contribution in [0.5, 0.6) is 5.75 Å². The molecular formula is C22H33FO3S. The molecule has 1 saturated carbocycles. The smallest absolute Gasteiger partial charge is 0.171 e. The summed E-state index contributed by atoms with van der Waals surface area (Å²) in [6.45, 7) is 8.93. The highest BCUT2D eigenvalue weighted by molar-refractivity contribution is 7.94. The average molecular weight is 397 g/mol. The molecule has 3 nitrogen and oxygen atoms in total. The molecule has 0 N–H and O–H groups in total. The number of hydrogen-bond acceptors (Lipinski definition) is 3. The molecular weight excluding hydrogens is 363 g/mol. The summed E-state index contributed by atoms with van der Waals surface area (Å²) in [5, 5.41) is 1.33. The van der Waals surface area contributed by atoms with Gasteiger partial charge in [-0.2, -0.15) is 0 Å². The van der Waals surface area contributed by atoms with Gasteiger partial charge in [0.25, 0.3) is 0 Å². The first kappa shape index (κ1) is 21.9. The molecule has 0 spiro atoms. The van der Waals surface area contributed by atoms with Crippen LogP contribution in [-0.4, -0.2) is 20.8 Å². The van der Waals surface area contributed by atoms with Crippen molar-refractivity contribution in [2.24, 2.45) is 11.3 Å². The summed E-state index contributed by atoms with van der Waals surface area (Å²) in [5.41, 5.74) is 1.05. The topological polar surface area (TPSA) is 43.4 Å². The van der Waals surface area contributed by atoms with Crippen molar-refractivity contribution in [3.8, 4) is 5.75 Å². The fraction of sp³-hybridized carbons (Fsp3) is 0.636. The lowest BCUT2D eigenvalue weighted by Gasteiger charge is -2.16. The standard InChI is InChI=1S/C22H33FO3S/c1-17(16-27(24,25)13-7-5-6-12-22(2,3)4)19-10-11-20(23)21(14-19)26-15-18-8-9-18/h7,10-11,13-14,17-18H,5-6,8-9,12,15-16H2,1-4H3/b13-7+/t17-/m0/s1. The number of ether oxygens (including phenoxy) is 1. The predicted octanol–water partition coefficient (Wildman–Crippen LogP) is 5.86. The summed E-state index contributed by atoms with van der Waals surface area (Å²) in [6, 6.07) is 4.65. The molecule has 0 unspecified atom stereocenters. The molecule has 0 aliphatic heterocycles. The molecule has 0 bridgehead atoms. The molecule has 1 aliphatic carbocycles. The van der Waals surface area contributed by atoms with Gasteiger partial charge in [0.1, 0.15) is 0 Å². The van der Waals surface area contributed by atoms with E-state index in [1.165, 1.54) is 11.5 Å². The van der Waals surface area contributed by atoms with Gasteiger partial charge in [0.05, 0.1) is 12.4 Å². The van der Waals surface area contributed by atoms with Crippen LogP contribution in [0.2, 0.25) is 0 Å². The Hall–Kier alpha value is -1.36. The zero-order valence-corrected chi connectivity index (χ0v) is 17.8. The Balaban J connectivity index is 1.90. The second-order valence-corrected chi connectivity index (χ2v) is 10.9. The Labute approximate surface area is 163 Å². The zero-order valence-electron chi connectivity index (χ0n) is 17.0. The number of hydrogen-bond donors (Lipinski definition) is 0. The Morgan fingerprint density at radius 2 is 2.00 bits per heavy atom. The lowest BCUT2D eigenvalue weighted by Crippen LogP contribution is -2.11. The molecule has 1 aromatic rings. The van der Waals surface area contributed by atoms with Gasteiger partial charge in [-0.1, -0.05) is 39.8 Å². The molecule has 152 valence electrons. The van der Waals surface area contributed by atoms with Gasteiger partial charge in [-0.3, -0.25) is 0 Å². The monoisotopic (exact) mass is 396 g/mol. The van der Waals surface area contributed by atoms with E-state index in [-0.39, 0.29) is 22.8 Å². The minimum atomic E-state index is -3.30. The van der Waals surface area contributed by atoms with E-state index >= 15 is 0 Å². The Bertz CT molecular complexity index is 743. The molecule has 1 fully saturated rings. The van der Waals surface area contributed by atoms with Gasteiger partial charge in [-0.25, -0.2) is 12.8 Å². The van der Waals surface area contributed by atoms with Crippen molar-refractivity contribution in [3.05, 3.63) is 41.1 Å². The van der Waals surface area contributed by atoms with Gasteiger partial charge in [-0.05, 0) is 67.1 Å². The van der Waals surface area contributed by atoms with Crippen molar-refractivity contribution in [3.63, 3.8) is 0 Å². The quantitative estimate of drug-likeness (QED) is 0.465. The van der Waals surface area contributed by atoms with Crippen molar-refractivity contribution < 1.29 is 17.5 Å². The highest BCUT2D eigenvalue weighted by atomic mass is 32.2. The van der Waals surface area contributed by atoms with Crippen LogP contribution in [-0.2, 0) is 9.84 Å². The van der Waals surface area contributed by atoms with Crippen LogP contribution < -0.4 is 4.74 Å². The number of sulfone groups is 1. The van der Waals surface area contributed by atoms with Gasteiger partial charge in [0.15, 0.2) is 21.4 Å². The highest BCUT2D eigenvalue weighted by Crippen LogP contribution is 2.31. The first-order chi connectivity index (χ1) is 12.6. The molecule has 0 saturated heterocycles. The Morgan fingerprint density at radius 3 is 2.63 bits per heavy atom. The predicted molar refractivity (Wildman–Crippen MR) is 109 cm³/mol. The number of allylic oxidation sites excluding steroid dienone is 1. The average Bonchev–Trinajstić information content (AvgIpc) is 3.36.